The molecule has 2 aromatic rings. The number of benzene rings is 2. The Kier molecular flexibility index (Phi) is 9.36. The largest absolute Gasteiger partial charge is 0.492 e. The Balaban J connectivity index is 1.17. The molecular formula is C25H32FN3O7S2. The first-order valence-electron chi connectivity index (χ1n) is 12.5. The summed E-state index contributed by atoms with van der Waals surface area (Å²) in [5, 5.41) is 2.82. The Hall–Kier alpha value is -2.58. The van der Waals surface area contributed by atoms with Crippen molar-refractivity contribution in [3.63, 3.8) is 0 Å². The first-order chi connectivity index (χ1) is 18.1. The highest BCUT2D eigenvalue weighted by Gasteiger charge is 2.31. The van der Waals surface area contributed by atoms with Crippen LogP contribution in [-0.2, 0) is 35.3 Å². The molecule has 208 valence electrons. The van der Waals surface area contributed by atoms with Crippen LogP contribution in [-0.4, -0.2) is 83.9 Å². The maximum absolute atomic E-state index is 13.1. The fraction of sp³-hybridized carbons (Fsp3) is 0.480. The third-order valence-corrected chi connectivity index (χ3v) is 10.3. The van der Waals surface area contributed by atoms with Crippen molar-refractivity contribution in [1.82, 2.24) is 13.9 Å². The Morgan fingerprint density at radius 1 is 0.921 bits per heavy atom. The summed E-state index contributed by atoms with van der Waals surface area (Å²) in [5.74, 6) is -0.592. The van der Waals surface area contributed by atoms with Crippen LogP contribution in [0.3, 0.4) is 0 Å². The van der Waals surface area contributed by atoms with E-state index in [0.29, 0.717) is 50.5 Å². The van der Waals surface area contributed by atoms with Gasteiger partial charge < -0.3 is 14.8 Å². The van der Waals surface area contributed by atoms with Crippen molar-refractivity contribution < 1.29 is 35.5 Å². The summed E-state index contributed by atoms with van der Waals surface area (Å²) in [7, 11) is -7.13. The van der Waals surface area contributed by atoms with Crippen molar-refractivity contribution in [3.05, 3.63) is 59.9 Å². The van der Waals surface area contributed by atoms with Gasteiger partial charge in [0.2, 0.25) is 26.0 Å². The van der Waals surface area contributed by atoms with E-state index < -0.39 is 25.9 Å². The summed E-state index contributed by atoms with van der Waals surface area (Å²) < 4.78 is 77.4. The monoisotopic (exact) mass is 569 g/mol. The summed E-state index contributed by atoms with van der Waals surface area (Å²) in [6, 6.07) is 11.5. The third-order valence-electron chi connectivity index (χ3n) is 6.58. The van der Waals surface area contributed by atoms with Gasteiger partial charge >= 0.3 is 0 Å². The number of nitrogens with one attached hydrogen (secondary N) is 1. The zero-order valence-corrected chi connectivity index (χ0v) is 22.6. The molecule has 0 aromatic heterocycles. The number of hydrogen-bond acceptors (Lipinski definition) is 7. The van der Waals surface area contributed by atoms with Crippen LogP contribution in [0.1, 0.15) is 18.4 Å². The van der Waals surface area contributed by atoms with Crippen LogP contribution in [0.15, 0.2) is 53.4 Å². The standard InChI is InChI=1S/C25H32FN3O7S2/c26-22-3-1-20(2-4-22)19-37(31,32)28-12-9-21(10-13-28)25(30)27-11-16-36-23-5-7-24(8-6-23)38(33,34)29-14-17-35-18-15-29/h1-8,21H,9-19H2,(H,27,30). The number of halogens is 1. The molecule has 0 spiro atoms. The van der Waals surface area contributed by atoms with Gasteiger partial charge in [-0.1, -0.05) is 12.1 Å². The molecule has 1 amide bonds. The van der Waals surface area contributed by atoms with E-state index in [1.54, 1.807) is 12.1 Å². The molecule has 0 unspecified atom stereocenters. The Bertz CT molecular complexity index is 1290. The second-order valence-corrected chi connectivity index (χ2v) is 13.1. The fourth-order valence-corrected chi connectivity index (χ4v) is 7.38. The maximum Gasteiger partial charge on any atom is 0.243 e. The van der Waals surface area contributed by atoms with Crippen molar-refractivity contribution >= 4 is 26.0 Å². The summed E-state index contributed by atoms with van der Waals surface area (Å²) in [6.45, 7) is 2.36. The number of sulfonamides is 2. The van der Waals surface area contributed by atoms with E-state index in [1.165, 1.54) is 45.0 Å². The van der Waals surface area contributed by atoms with Gasteiger partial charge in [-0.15, -0.1) is 0 Å². The SMILES string of the molecule is O=C(NCCOc1ccc(S(=O)(=O)N2CCOCC2)cc1)C1CCN(S(=O)(=O)Cc2ccc(F)cc2)CC1. The minimum absolute atomic E-state index is 0.156. The van der Waals surface area contributed by atoms with E-state index in [-0.39, 0.29) is 48.7 Å². The van der Waals surface area contributed by atoms with Crippen LogP contribution >= 0.6 is 0 Å². The van der Waals surface area contributed by atoms with E-state index in [0.717, 1.165) is 0 Å². The number of ether oxygens (including phenoxy) is 2. The van der Waals surface area contributed by atoms with Crippen molar-refractivity contribution in [2.24, 2.45) is 5.92 Å². The topological polar surface area (TPSA) is 122 Å². The summed E-state index contributed by atoms with van der Waals surface area (Å²) in [5.41, 5.74) is 0.514. The molecule has 0 radical (unpaired) electrons. The Labute approximate surface area is 222 Å². The molecular weight excluding hydrogens is 537 g/mol. The molecule has 10 nitrogen and oxygen atoms in total. The molecule has 0 saturated carbocycles. The quantitative estimate of drug-likeness (QED) is 0.431. The Morgan fingerprint density at radius 3 is 2.18 bits per heavy atom. The Morgan fingerprint density at radius 2 is 1.55 bits per heavy atom. The van der Waals surface area contributed by atoms with Crippen molar-refractivity contribution in [1.29, 1.82) is 0 Å². The highest BCUT2D eigenvalue weighted by molar-refractivity contribution is 7.89. The number of carbonyl (C=O) groups is 1. The number of carbonyl (C=O) groups excluding carboxylic acids is 1. The molecule has 2 heterocycles. The predicted octanol–water partition coefficient (Wildman–Crippen LogP) is 1.58. The first kappa shape index (κ1) is 28.4. The molecule has 4 rings (SSSR count). The van der Waals surface area contributed by atoms with Gasteiger partial charge in [0.05, 0.1) is 30.4 Å². The summed E-state index contributed by atoms with van der Waals surface area (Å²) >= 11 is 0. The lowest BCUT2D eigenvalue weighted by Gasteiger charge is -2.30. The third kappa shape index (κ3) is 7.29. The van der Waals surface area contributed by atoms with Gasteiger partial charge in [-0.25, -0.2) is 25.5 Å². The van der Waals surface area contributed by atoms with E-state index in [2.05, 4.69) is 5.32 Å². The predicted molar refractivity (Wildman–Crippen MR) is 138 cm³/mol. The zero-order valence-electron chi connectivity index (χ0n) is 20.9. The number of hydrogen-bond donors (Lipinski definition) is 1. The summed E-state index contributed by atoms with van der Waals surface area (Å²) in [6.07, 6.45) is 0.822. The molecule has 2 fully saturated rings. The van der Waals surface area contributed by atoms with Crippen molar-refractivity contribution in [2.45, 2.75) is 23.5 Å². The molecule has 2 aromatic carbocycles. The highest BCUT2D eigenvalue weighted by atomic mass is 32.2. The lowest BCUT2D eigenvalue weighted by Crippen LogP contribution is -2.43. The zero-order chi connectivity index (χ0) is 27.2. The van der Waals surface area contributed by atoms with E-state index in [4.69, 9.17) is 9.47 Å². The van der Waals surface area contributed by atoms with Gasteiger partial charge in [0.1, 0.15) is 18.2 Å². The van der Waals surface area contributed by atoms with Gasteiger partial charge in [-0.05, 0) is 54.8 Å². The average molecular weight is 570 g/mol. The fourth-order valence-electron chi connectivity index (χ4n) is 4.41. The molecule has 0 aliphatic carbocycles. The molecule has 1 N–H and O–H groups in total. The first-order valence-corrected chi connectivity index (χ1v) is 15.5. The lowest BCUT2D eigenvalue weighted by atomic mass is 9.97. The maximum atomic E-state index is 13.1. The molecule has 13 heteroatoms. The molecule has 2 aliphatic rings. The van der Waals surface area contributed by atoms with Gasteiger partial charge in [0, 0.05) is 32.1 Å². The minimum Gasteiger partial charge on any atom is -0.492 e. The number of morpholine rings is 1. The molecule has 2 aliphatic heterocycles. The van der Waals surface area contributed by atoms with Crippen LogP contribution in [0.4, 0.5) is 4.39 Å². The highest BCUT2D eigenvalue weighted by Crippen LogP contribution is 2.23. The lowest BCUT2D eigenvalue weighted by molar-refractivity contribution is -0.126. The second kappa shape index (κ2) is 12.5. The average Bonchev–Trinajstić information content (AvgIpc) is 2.93. The summed E-state index contributed by atoms with van der Waals surface area (Å²) in [4.78, 5) is 12.7. The minimum atomic E-state index is -3.57. The van der Waals surface area contributed by atoms with Gasteiger partial charge in [0.15, 0.2) is 0 Å². The number of rotatable bonds is 10. The van der Waals surface area contributed by atoms with E-state index in [1.807, 2.05) is 0 Å². The van der Waals surface area contributed by atoms with Crippen LogP contribution in [0.25, 0.3) is 0 Å². The molecule has 2 saturated heterocycles. The molecule has 38 heavy (non-hydrogen) atoms. The number of piperidine rings is 1. The van der Waals surface area contributed by atoms with Crippen molar-refractivity contribution in [3.8, 4) is 5.75 Å². The molecule has 0 atom stereocenters. The number of nitrogens with zero attached hydrogens (tertiary/aromatic N) is 2. The van der Waals surface area contributed by atoms with E-state index in [9.17, 15) is 26.0 Å². The van der Waals surface area contributed by atoms with E-state index >= 15 is 0 Å². The molecule has 0 bridgehead atoms. The normalized spacial score (nSPS) is 18.2. The number of amides is 1. The smallest absolute Gasteiger partial charge is 0.243 e. The van der Waals surface area contributed by atoms with Crippen LogP contribution < -0.4 is 10.1 Å². The van der Waals surface area contributed by atoms with Gasteiger partial charge in [-0.2, -0.15) is 4.31 Å². The second-order valence-electron chi connectivity index (χ2n) is 9.18. The van der Waals surface area contributed by atoms with Gasteiger partial charge in [0.25, 0.3) is 0 Å². The van der Waals surface area contributed by atoms with Crippen molar-refractivity contribution in [2.75, 3.05) is 52.5 Å². The van der Waals surface area contributed by atoms with Crippen LogP contribution in [0, 0.1) is 11.7 Å². The van der Waals surface area contributed by atoms with Gasteiger partial charge in [-0.3, -0.25) is 4.79 Å². The van der Waals surface area contributed by atoms with Crippen LogP contribution in [0.2, 0.25) is 0 Å². The van der Waals surface area contributed by atoms with Crippen LogP contribution in [0.5, 0.6) is 5.75 Å².